The van der Waals surface area contributed by atoms with Crippen molar-refractivity contribution in [1.29, 1.82) is 0 Å². The van der Waals surface area contributed by atoms with Crippen LogP contribution in [0.1, 0.15) is 43.0 Å². The van der Waals surface area contributed by atoms with E-state index in [4.69, 9.17) is 4.74 Å². The summed E-state index contributed by atoms with van der Waals surface area (Å²) < 4.78 is 5.02. The lowest BCUT2D eigenvalue weighted by molar-refractivity contribution is -0.385. The number of hydrogen-bond acceptors (Lipinski definition) is 5. The number of benzene rings is 2. The van der Waals surface area contributed by atoms with Crippen molar-refractivity contribution >= 4 is 17.4 Å². The molecule has 0 atom stereocenters. The van der Waals surface area contributed by atoms with Gasteiger partial charge in [-0.3, -0.25) is 14.9 Å². The summed E-state index contributed by atoms with van der Waals surface area (Å²) >= 11 is 0. The Hall–Kier alpha value is -3.02. The van der Waals surface area contributed by atoms with Gasteiger partial charge in [0, 0.05) is 11.1 Å². The van der Waals surface area contributed by atoms with Gasteiger partial charge < -0.3 is 4.74 Å². The van der Waals surface area contributed by atoms with E-state index in [9.17, 15) is 19.7 Å². The van der Waals surface area contributed by atoms with E-state index in [1.54, 1.807) is 19.1 Å². The van der Waals surface area contributed by atoms with E-state index < -0.39 is 17.5 Å². The lowest BCUT2D eigenvalue weighted by Crippen LogP contribution is -2.16. The maximum Gasteiger partial charge on any atom is 0.345 e. The molecular weight excluding hydrogens is 322 g/mol. The quantitative estimate of drug-likeness (QED) is 0.357. The molecular formula is C19H19NO5. The maximum absolute atomic E-state index is 12.3. The summed E-state index contributed by atoms with van der Waals surface area (Å²) in [6.45, 7) is 6.74. The number of carbonyl (C=O) groups is 2. The Labute approximate surface area is 145 Å². The second kappa shape index (κ2) is 7.25. The van der Waals surface area contributed by atoms with Crippen LogP contribution >= 0.6 is 0 Å². The molecule has 0 N–H and O–H groups in total. The van der Waals surface area contributed by atoms with Crippen LogP contribution in [0.4, 0.5) is 5.69 Å². The Kier molecular flexibility index (Phi) is 5.32. The van der Waals surface area contributed by atoms with E-state index in [-0.39, 0.29) is 17.0 Å². The minimum atomic E-state index is -0.884. The fourth-order valence-corrected chi connectivity index (χ4v) is 2.61. The van der Waals surface area contributed by atoms with Crippen LogP contribution in [0.25, 0.3) is 0 Å². The first-order chi connectivity index (χ1) is 11.7. The van der Waals surface area contributed by atoms with Gasteiger partial charge in [0.05, 0.1) is 4.92 Å². The van der Waals surface area contributed by atoms with Gasteiger partial charge in [-0.2, -0.15) is 0 Å². The van der Waals surface area contributed by atoms with Crippen molar-refractivity contribution in [1.82, 2.24) is 0 Å². The van der Waals surface area contributed by atoms with Gasteiger partial charge in [0.25, 0.3) is 5.69 Å². The van der Waals surface area contributed by atoms with Crippen molar-refractivity contribution in [3.05, 3.63) is 73.8 Å². The smallest absolute Gasteiger partial charge is 0.345 e. The van der Waals surface area contributed by atoms with Gasteiger partial charge in [0.1, 0.15) is 5.56 Å². The zero-order valence-corrected chi connectivity index (χ0v) is 14.6. The number of rotatable bonds is 5. The van der Waals surface area contributed by atoms with E-state index in [2.05, 4.69) is 0 Å². The first-order valence-electron chi connectivity index (χ1n) is 7.74. The molecule has 0 bridgehead atoms. The summed E-state index contributed by atoms with van der Waals surface area (Å²) in [6.07, 6.45) is 0. The molecule has 0 heterocycles. The summed E-state index contributed by atoms with van der Waals surface area (Å²) in [5.74, 6) is -1.23. The Morgan fingerprint density at radius 3 is 2.24 bits per heavy atom. The molecule has 130 valence electrons. The molecule has 0 saturated carbocycles. The molecule has 0 radical (unpaired) electrons. The predicted octanol–water partition coefficient (Wildman–Crippen LogP) is 3.87. The average Bonchev–Trinajstić information content (AvgIpc) is 2.55. The Bertz CT molecular complexity index is 870. The van der Waals surface area contributed by atoms with E-state index in [1.165, 1.54) is 12.1 Å². The Morgan fingerprint density at radius 1 is 0.960 bits per heavy atom. The second-order valence-electron chi connectivity index (χ2n) is 5.98. The van der Waals surface area contributed by atoms with Crippen LogP contribution < -0.4 is 0 Å². The molecule has 0 aromatic heterocycles. The molecule has 6 heteroatoms. The molecule has 0 aliphatic heterocycles. The minimum absolute atomic E-state index is 0.158. The van der Waals surface area contributed by atoms with Gasteiger partial charge in [0.15, 0.2) is 6.61 Å². The lowest BCUT2D eigenvalue weighted by Gasteiger charge is -2.10. The fourth-order valence-electron chi connectivity index (χ4n) is 2.61. The summed E-state index contributed by atoms with van der Waals surface area (Å²) in [5.41, 5.74) is 3.21. The molecule has 2 rings (SSSR count). The SMILES string of the molecule is Cc1cc(C)c(C(=O)COC(=O)c2cccc(C)c2[N+](=O)[O-])cc1C. The molecule has 0 fully saturated rings. The minimum Gasteiger partial charge on any atom is -0.454 e. The zero-order valence-electron chi connectivity index (χ0n) is 14.6. The zero-order chi connectivity index (χ0) is 18.7. The standard InChI is InChI=1S/C19H19NO5/c1-11-6-5-7-15(18(11)20(23)24)19(22)25-10-17(21)16-9-13(3)12(2)8-14(16)4/h5-9H,10H2,1-4H3. The van der Waals surface area contributed by atoms with E-state index in [0.717, 1.165) is 16.7 Å². The number of aryl methyl sites for hydroxylation is 4. The first-order valence-corrected chi connectivity index (χ1v) is 7.74. The Morgan fingerprint density at radius 2 is 1.60 bits per heavy atom. The third-order valence-electron chi connectivity index (χ3n) is 4.12. The molecule has 0 spiro atoms. The highest BCUT2D eigenvalue weighted by Gasteiger charge is 2.24. The highest BCUT2D eigenvalue weighted by atomic mass is 16.6. The van der Waals surface area contributed by atoms with Crippen molar-refractivity contribution in [2.75, 3.05) is 6.61 Å². The number of hydrogen-bond donors (Lipinski definition) is 0. The van der Waals surface area contributed by atoms with Crippen molar-refractivity contribution in [3.63, 3.8) is 0 Å². The number of esters is 1. The lowest BCUT2D eigenvalue weighted by atomic mass is 9.98. The third-order valence-corrected chi connectivity index (χ3v) is 4.12. The summed E-state index contributed by atoms with van der Waals surface area (Å²) in [7, 11) is 0. The molecule has 0 unspecified atom stereocenters. The molecule has 2 aromatic rings. The van der Waals surface area contributed by atoms with Gasteiger partial charge >= 0.3 is 5.97 Å². The van der Waals surface area contributed by atoms with Crippen LogP contribution in [0.15, 0.2) is 30.3 Å². The second-order valence-corrected chi connectivity index (χ2v) is 5.98. The summed E-state index contributed by atoms with van der Waals surface area (Å²) in [6, 6.07) is 8.05. The van der Waals surface area contributed by atoms with Gasteiger partial charge in [-0.1, -0.05) is 18.2 Å². The highest BCUT2D eigenvalue weighted by Crippen LogP contribution is 2.24. The number of nitrogens with zero attached hydrogens (tertiary/aromatic N) is 1. The van der Waals surface area contributed by atoms with Gasteiger partial charge in [-0.05, 0) is 56.5 Å². The molecule has 0 aliphatic rings. The monoisotopic (exact) mass is 341 g/mol. The highest BCUT2D eigenvalue weighted by molar-refractivity contribution is 6.01. The average molecular weight is 341 g/mol. The molecule has 2 aromatic carbocycles. The van der Waals surface area contributed by atoms with Crippen LogP contribution in [0.5, 0.6) is 0 Å². The van der Waals surface area contributed by atoms with E-state index in [0.29, 0.717) is 11.1 Å². The largest absolute Gasteiger partial charge is 0.454 e. The van der Waals surface area contributed by atoms with E-state index in [1.807, 2.05) is 26.8 Å². The van der Waals surface area contributed by atoms with Gasteiger partial charge in [-0.15, -0.1) is 0 Å². The maximum atomic E-state index is 12.3. The van der Waals surface area contributed by atoms with Crippen LogP contribution in [-0.4, -0.2) is 23.3 Å². The van der Waals surface area contributed by atoms with E-state index >= 15 is 0 Å². The van der Waals surface area contributed by atoms with Crippen molar-refractivity contribution in [2.45, 2.75) is 27.7 Å². The molecule has 6 nitrogen and oxygen atoms in total. The van der Waals surface area contributed by atoms with Crippen LogP contribution in [0.2, 0.25) is 0 Å². The van der Waals surface area contributed by atoms with Crippen LogP contribution in [-0.2, 0) is 4.74 Å². The molecule has 0 amide bonds. The number of carbonyl (C=O) groups excluding carboxylic acids is 2. The number of Topliss-reactive ketones (excluding diaryl/α,β-unsaturated/α-hetero) is 1. The molecule has 0 saturated heterocycles. The fraction of sp³-hybridized carbons (Fsp3) is 0.263. The number of ether oxygens (including phenoxy) is 1. The topological polar surface area (TPSA) is 86.5 Å². The molecule has 25 heavy (non-hydrogen) atoms. The van der Waals surface area contributed by atoms with Gasteiger partial charge in [0.2, 0.25) is 5.78 Å². The van der Waals surface area contributed by atoms with Crippen LogP contribution in [0.3, 0.4) is 0 Å². The number of para-hydroxylation sites is 1. The van der Waals surface area contributed by atoms with Crippen LogP contribution in [0, 0.1) is 37.8 Å². The third kappa shape index (κ3) is 3.91. The summed E-state index contributed by atoms with van der Waals surface area (Å²) in [5, 5.41) is 11.2. The van der Waals surface area contributed by atoms with Crippen molar-refractivity contribution < 1.29 is 19.2 Å². The molecule has 0 aliphatic carbocycles. The number of ketones is 1. The Balaban J connectivity index is 2.18. The summed E-state index contributed by atoms with van der Waals surface area (Å²) in [4.78, 5) is 35.1. The number of nitro benzene ring substituents is 1. The van der Waals surface area contributed by atoms with Crippen molar-refractivity contribution in [2.24, 2.45) is 0 Å². The normalized spacial score (nSPS) is 10.4. The number of nitro groups is 1. The van der Waals surface area contributed by atoms with Gasteiger partial charge in [-0.25, -0.2) is 4.79 Å². The predicted molar refractivity (Wildman–Crippen MR) is 93.1 cm³/mol. The first kappa shape index (κ1) is 18.3. The van der Waals surface area contributed by atoms with Crippen molar-refractivity contribution in [3.8, 4) is 0 Å².